The Morgan fingerprint density at radius 3 is 2.57 bits per heavy atom. The fourth-order valence-corrected chi connectivity index (χ4v) is 1.17. The highest BCUT2D eigenvalue weighted by Gasteiger charge is 2.23. The van der Waals surface area contributed by atoms with E-state index in [0.717, 1.165) is 5.56 Å². The molecule has 0 amide bonds. The van der Waals surface area contributed by atoms with Gasteiger partial charge in [-0.2, -0.15) is 5.10 Å². The average molecular weight is 197 g/mol. The third-order valence-corrected chi connectivity index (χ3v) is 2.58. The summed E-state index contributed by atoms with van der Waals surface area (Å²) in [6.07, 6.45) is 3.64. The van der Waals surface area contributed by atoms with Crippen LogP contribution >= 0.6 is 0 Å². The molecule has 14 heavy (non-hydrogen) atoms. The van der Waals surface area contributed by atoms with Gasteiger partial charge in [-0.15, -0.1) is 0 Å². The molecule has 1 aromatic rings. The molecule has 0 saturated carbocycles. The first-order chi connectivity index (χ1) is 6.41. The molecule has 0 aliphatic rings. The third kappa shape index (κ3) is 2.82. The molecule has 0 spiro atoms. The molecule has 4 heteroatoms. The van der Waals surface area contributed by atoms with Crippen molar-refractivity contribution in [3.05, 3.63) is 18.0 Å². The Morgan fingerprint density at radius 1 is 1.50 bits per heavy atom. The summed E-state index contributed by atoms with van der Waals surface area (Å²) in [6, 6.07) is 0.225. The number of hydrogen-bond donors (Lipinski definition) is 3. The summed E-state index contributed by atoms with van der Waals surface area (Å²) < 4.78 is 0. The smallest absolute Gasteiger partial charge is 0.0741 e. The van der Waals surface area contributed by atoms with E-state index in [1.165, 1.54) is 0 Å². The lowest BCUT2D eigenvalue weighted by Crippen LogP contribution is -2.45. The van der Waals surface area contributed by atoms with Crippen LogP contribution in [0.2, 0.25) is 0 Å². The molecule has 0 aromatic carbocycles. The molecule has 1 rings (SSSR count). The van der Waals surface area contributed by atoms with Crippen LogP contribution in [0.15, 0.2) is 12.4 Å². The Hall–Kier alpha value is -0.870. The zero-order valence-corrected chi connectivity index (χ0v) is 9.20. The molecule has 1 aromatic heterocycles. The zero-order valence-electron chi connectivity index (χ0n) is 9.20. The molecule has 0 radical (unpaired) electrons. The van der Waals surface area contributed by atoms with Gasteiger partial charge in [0.1, 0.15) is 0 Å². The van der Waals surface area contributed by atoms with E-state index >= 15 is 0 Å². The number of aromatic nitrogens is 2. The van der Waals surface area contributed by atoms with Crippen molar-refractivity contribution in [1.29, 1.82) is 0 Å². The van der Waals surface area contributed by atoms with Gasteiger partial charge in [-0.3, -0.25) is 5.10 Å². The van der Waals surface area contributed by atoms with Crippen LogP contribution in [-0.4, -0.2) is 26.9 Å². The molecular formula is C10H19N3O. The predicted molar refractivity (Wildman–Crippen MR) is 55.9 cm³/mol. The van der Waals surface area contributed by atoms with E-state index < -0.39 is 5.60 Å². The maximum Gasteiger partial charge on any atom is 0.0741 e. The van der Waals surface area contributed by atoms with Gasteiger partial charge < -0.3 is 10.4 Å². The number of rotatable bonds is 4. The fourth-order valence-electron chi connectivity index (χ4n) is 1.17. The van der Waals surface area contributed by atoms with E-state index in [4.69, 9.17) is 0 Å². The Kier molecular flexibility index (Phi) is 3.29. The Balaban J connectivity index is 2.53. The number of H-pyrrole nitrogens is 1. The van der Waals surface area contributed by atoms with Gasteiger partial charge in [0.25, 0.3) is 0 Å². The summed E-state index contributed by atoms with van der Waals surface area (Å²) in [5.41, 5.74) is 0.388. The van der Waals surface area contributed by atoms with Gasteiger partial charge in [-0.1, -0.05) is 0 Å². The second-order valence-electron chi connectivity index (χ2n) is 4.30. The standard InChI is InChI=1S/C10H19N3O/c1-7(9-5-11-12-6-9)13-8(2)10(3,4)14/h5-8,13-14H,1-4H3,(H,11,12). The minimum Gasteiger partial charge on any atom is -0.389 e. The maximum atomic E-state index is 9.75. The van der Waals surface area contributed by atoms with Crippen molar-refractivity contribution in [1.82, 2.24) is 15.5 Å². The molecule has 0 aliphatic carbocycles. The Morgan fingerprint density at radius 2 is 2.14 bits per heavy atom. The minimum atomic E-state index is -0.710. The topological polar surface area (TPSA) is 60.9 Å². The van der Waals surface area contributed by atoms with E-state index in [-0.39, 0.29) is 12.1 Å². The average Bonchev–Trinajstić information content (AvgIpc) is 2.53. The van der Waals surface area contributed by atoms with Gasteiger partial charge in [0.05, 0.1) is 11.8 Å². The van der Waals surface area contributed by atoms with E-state index in [2.05, 4.69) is 15.5 Å². The van der Waals surface area contributed by atoms with Crippen LogP contribution in [0.4, 0.5) is 0 Å². The highest BCUT2D eigenvalue weighted by Crippen LogP contribution is 2.15. The number of hydrogen-bond acceptors (Lipinski definition) is 3. The van der Waals surface area contributed by atoms with Crippen molar-refractivity contribution in [2.45, 2.75) is 45.4 Å². The highest BCUT2D eigenvalue weighted by atomic mass is 16.3. The van der Waals surface area contributed by atoms with Crippen molar-refractivity contribution in [2.24, 2.45) is 0 Å². The summed E-state index contributed by atoms with van der Waals surface area (Å²) in [5.74, 6) is 0. The Labute approximate surface area is 84.7 Å². The van der Waals surface area contributed by atoms with Gasteiger partial charge in [0.15, 0.2) is 0 Å². The van der Waals surface area contributed by atoms with E-state index in [9.17, 15) is 5.11 Å². The number of nitrogens with zero attached hydrogens (tertiary/aromatic N) is 1. The fraction of sp³-hybridized carbons (Fsp3) is 0.700. The molecule has 80 valence electrons. The van der Waals surface area contributed by atoms with Crippen LogP contribution in [0, 0.1) is 0 Å². The van der Waals surface area contributed by atoms with E-state index in [0.29, 0.717) is 0 Å². The summed E-state index contributed by atoms with van der Waals surface area (Å²) in [4.78, 5) is 0. The predicted octanol–water partition coefficient (Wildman–Crippen LogP) is 1.22. The van der Waals surface area contributed by atoms with Crippen LogP contribution < -0.4 is 5.32 Å². The van der Waals surface area contributed by atoms with Crippen molar-refractivity contribution in [3.8, 4) is 0 Å². The third-order valence-electron chi connectivity index (χ3n) is 2.58. The molecule has 0 saturated heterocycles. The van der Waals surface area contributed by atoms with Crippen LogP contribution in [0.1, 0.15) is 39.3 Å². The summed E-state index contributed by atoms with van der Waals surface area (Å²) >= 11 is 0. The van der Waals surface area contributed by atoms with Crippen LogP contribution in [0.25, 0.3) is 0 Å². The molecule has 0 bridgehead atoms. The van der Waals surface area contributed by atoms with Crippen molar-refractivity contribution >= 4 is 0 Å². The lowest BCUT2D eigenvalue weighted by atomic mass is 9.99. The SMILES string of the molecule is CC(NC(C)C(C)(C)O)c1cn[nH]c1. The number of aliphatic hydroxyl groups is 1. The molecule has 2 unspecified atom stereocenters. The zero-order chi connectivity index (χ0) is 10.8. The number of aromatic amines is 1. The van der Waals surface area contributed by atoms with Gasteiger partial charge >= 0.3 is 0 Å². The Bertz CT molecular complexity index is 263. The quantitative estimate of drug-likeness (QED) is 0.680. The molecular weight excluding hydrogens is 178 g/mol. The van der Waals surface area contributed by atoms with Crippen molar-refractivity contribution < 1.29 is 5.11 Å². The molecule has 1 heterocycles. The van der Waals surface area contributed by atoms with Crippen LogP contribution in [-0.2, 0) is 0 Å². The lowest BCUT2D eigenvalue weighted by molar-refractivity contribution is 0.0405. The minimum absolute atomic E-state index is 0.0346. The highest BCUT2D eigenvalue weighted by molar-refractivity contribution is 5.08. The lowest BCUT2D eigenvalue weighted by Gasteiger charge is -2.29. The summed E-state index contributed by atoms with van der Waals surface area (Å²) in [7, 11) is 0. The monoisotopic (exact) mass is 197 g/mol. The largest absolute Gasteiger partial charge is 0.389 e. The van der Waals surface area contributed by atoms with Crippen molar-refractivity contribution in [3.63, 3.8) is 0 Å². The van der Waals surface area contributed by atoms with Crippen LogP contribution in [0.3, 0.4) is 0 Å². The molecule has 0 aliphatic heterocycles. The van der Waals surface area contributed by atoms with Crippen molar-refractivity contribution in [2.75, 3.05) is 0 Å². The summed E-state index contributed by atoms with van der Waals surface area (Å²) in [5, 5.41) is 19.7. The molecule has 4 nitrogen and oxygen atoms in total. The summed E-state index contributed by atoms with van der Waals surface area (Å²) in [6.45, 7) is 7.61. The second kappa shape index (κ2) is 4.11. The van der Waals surface area contributed by atoms with Gasteiger partial charge in [0, 0.05) is 23.8 Å². The number of nitrogens with one attached hydrogen (secondary N) is 2. The van der Waals surface area contributed by atoms with Gasteiger partial charge in [0.2, 0.25) is 0 Å². The first kappa shape index (κ1) is 11.2. The normalized spacial score (nSPS) is 16.6. The van der Waals surface area contributed by atoms with Gasteiger partial charge in [-0.25, -0.2) is 0 Å². The molecule has 3 N–H and O–H groups in total. The van der Waals surface area contributed by atoms with E-state index in [1.807, 2.05) is 20.0 Å². The first-order valence-electron chi connectivity index (χ1n) is 4.88. The molecule has 2 atom stereocenters. The van der Waals surface area contributed by atoms with Crippen LogP contribution in [0.5, 0.6) is 0 Å². The van der Waals surface area contributed by atoms with Gasteiger partial charge in [-0.05, 0) is 27.7 Å². The second-order valence-corrected chi connectivity index (χ2v) is 4.30. The van der Waals surface area contributed by atoms with E-state index in [1.54, 1.807) is 20.0 Å². The first-order valence-corrected chi connectivity index (χ1v) is 4.88. The maximum absolute atomic E-state index is 9.75. The molecule has 0 fully saturated rings.